The number of thioether (sulfide) groups is 1. The summed E-state index contributed by atoms with van der Waals surface area (Å²) in [5, 5.41) is -0.551. The molecule has 2 saturated heterocycles. The molecule has 2 aliphatic rings. The topological polar surface area (TPSA) is 66.9 Å². The highest BCUT2D eigenvalue weighted by molar-refractivity contribution is 9.10. The molecule has 0 saturated carbocycles. The lowest BCUT2D eigenvalue weighted by Crippen LogP contribution is -2.40. The number of carbonyl (C=O) groups is 3. The van der Waals surface area contributed by atoms with Crippen LogP contribution in [0.1, 0.15) is 16.8 Å². The zero-order chi connectivity index (χ0) is 20.4. The molecule has 0 radical (unpaired) electrons. The molecule has 8 heteroatoms. The highest BCUT2D eigenvalue weighted by Crippen LogP contribution is 2.36. The quantitative estimate of drug-likeness (QED) is 0.635. The summed E-state index contributed by atoms with van der Waals surface area (Å²) in [7, 11) is 0. The van der Waals surface area contributed by atoms with E-state index < -0.39 is 5.25 Å². The van der Waals surface area contributed by atoms with Gasteiger partial charge in [0.25, 0.3) is 5.91 Å². The van der Waals surface area contributed by atoms with Crippen molar-refractivity contribution in [2.45, 2.75) is 16.6 Å². The fraction of sp³-hybridized carbons (Fsp3) is 0.286. The number of morpholine rings is 1. The molecule has 2 aromatic rings. The summed E-state index contributed by atoms with van der Waals surface area (Å²) < 4.78 is 6.20. The Balaban J connectivity index is 1.54. The molecule has 0 aromatic heterocycles. The Bertz CT molecular complexity index is 944. The van der Waals surface area contributed by atoms with Crippen molar-refractivity contribution < 1.29 is 19.1 Å². The van der Waals surface area contributed by atoms with Crippen molar-refractivity contribution in [2.75, 3.05) is 31.2 Å². The second-order valence-electron chi connectivity index (χ2n) is 6.76. The number of hydrogen-bond donors (Lipinski definition) is 0. The smallest absolute Gasteiger partial charge is 0.255 e. The Kier molecular flexibility index (Phi) is 6.03. The number of ether oxygens (including phenoxy) is 1. The van der Waals surface area contributed by atoms with Gasteiger partial charge in [-0.1, -0.05) is 28.1 Å². The van der Waals surface area contributed by atoms with E-state index in [2.05, 4.69) is 15.9 Å². The third-order valence-electron chi connectivity index (χ3n) is 4.88. The van der Waals surface area contributed by atoms with Crippen LogP contribution < -0.4 is 4.90 Å². The molecule has 2 fully saturated rings. The maximum atomic E-state index is 12.9. The molecule has 2 heterocycles. The van der Waals surface area contributed by atoms with Crippen LogP contribution in [0, 0.1) is 0 Å². The van der Waals surface area contributed by atoms with Crippen molar-refractivity contribution >= 4 is 51.1 Å². The van der Waals surface area contributed by atoms with Gasteiger partial charge in [0.1, 0.15) is 0 Å². The van der Waals surface area contributed by atoms with Crippen LogP contribution in [0.3, 0.4) is 0 Å². The second-order valence-corrected chi connectivity index (χ2v) is 8.92. The lowest BCUT2D eigenvalue weighted by molar-refractivity contribution is -0.121. The molecule has 2 aliphatic heterocycles. The van der Waals surface area contributed by atoms with E-state index >= 15 is 0 Å². The molecule has 0 aliphatic carbocycles. The largest absolute Gasteiger partial charge is 0.378 e. The predicted molar refractivity (Wildman–Crippen MR) is 114 cm³/mol. The van der Waals surface area contributed by atoms with Gasteiger partial charge < -0.3 is 9.64 Å². The van der Waals surface area contributed by atoms with Gasteiger partial charge in [-0.25, -0.2) is 4.90 Å². The molecule has 29 heavy (non-hydrogen) atoms. The maximum absolute atomic E-state index is 12.9. The number of amides is 3. The van der Waals surface area contributed by atoms with E-state index in [1.807, 2.05) is 18.2 Å². The normalized spacial score (nSPS) is 19.7. The molecular weight excluding hydrogens is 456 g/mol. The number of benzene rings is 2. The lowest BCUT2D eigenvalue weighted by Gasteiger charge is -2.27. The first-order valence-corrected chi connectivity index (χ1v) is 11.0. The highest BCUT2D eigenvalue weighted by atomic mass is 79.9. The average Bonchev–Trinajstić information content (AvgIpc) is 3.02. The Hall–Kier alpha value is -2.16. The van der Waals surface area contributed by atoms with Crippen molar-refractivity contribution in [3.8, 4) is 0 Å². The molecule has 3 amide bonds. The van der Waals surface area contributed by atoms with Crippen molar-refractivity contribution in [3.05, 3.63) is 58.6 Å². The molecule has 1 unspecified atom stereocenters. The maximum Gasteiger partial charge on any atom is 0.255 e. The zero-order valence-electron chi connectivity index (χ0n) is 15.5. The van der Waals surface area contributed by atoms with Crippen LogP contribution in [0.15, 0.2) is 57.9 Å². The van der Waals surface area contributed by atoms with Crippen molar-refractivity contribution in [2.24, 2.45) is 0 Å². The van der Waals surface area contributed by atoms with E-state index in [4.69, 9.17) is 4.74 Å². The number of nitrogens with zero attached hydrogens (tertiary/aromatic N) is 2. The van der Waals surface area contributed by atoms with E-state index in [-0.39, 0.29) is 24.1 Å². The van der Waals surface area contributed by atoms with E-state index in [1.165, 1.54) is 16.7 Å². The van der Waals surface area contributed by atoms with Crippen LogP contribution in [0.25, 0.3) is 0 Å². The fourth-order valence-corrected chi connectivity index (χ4v) is 4.84. The summed E-state index contributed by atoms with van der Waals surface area (Å²) in [5.41, 5.74) is 1.12. The summed E-state index contributed by atoms with van der Waals surface area (Å²) in [4.78, 5) is 42.1. The summed E-state index contributed by atoms with van der Waals surface area (Å²) in [6.07, 6.45) is 0.111. The fourth-order valence-electron chi connectivity index (χ4n) is 3.39. The summed E-state index contributed by atoms with van der Waals surface area (Å²) in [5.74, 6) is -0.555. The van der Waals surface area contributed by atoms with E-state index in [1.54, 1.807) is 35.2 Å². The van der Waals surface area contributed by atoms with Gasteiger partial charge >= 0.3 is 0 Å². The van der Waals surface area contributed by atoms with Gasteiger partial charge in [0.15, 0.2) is 0 Å². The zero-order valence-corrected chi connectivity index (χ0v) is 17.9. The van der Waals surface area contributed by atoms with Gasteiger partial charge in [-0.3, -0.25) is 14.4 Å². The average molecular weight is 475 g/mol. The first-order valence-electron chi connectivity index (χ1n) is 9.29. The Morgan fingerprint density at radius 3 is 2.45 bits per heavy atom. The van der Waals surface area contributed by atoms with Crippen LogP contribution >= 0.6 is 27.7 Å². The molecule has 0 bridgehead atoms. The van der Waals surface area contributed by atoms with Crippen LogP contribution in [0.4, 0.5) is 5.69 Å². The standard InChI is InChI=1S/C21H19BrN2O4S/c22-14-5-7-15(8-6-14)24-19(25)13-18(21(24)27)29-17-4-2-1-3-16(17)20(26)23-9-11-28-12-10-23/h1-8,18H,9-13H2. The van der Waals surface area contributed by atoms with Crippen LogP contribution in [-0.4, -0.2) is 54.2 Å². The number of imide groups is 1. The lowest BCUT2D eigenvalue weighted by atomic mass is 10.2. The predicted octanol–water partition coefficient (Wildman–Crippen LogP) is 3.35. The SMILES string of the molecule is O=C(c1ccccc1SC1CC(=O)N(c2ccc(Br)cc2)C1=O)N1CCOCC1. The molecule has 1 atom stereocenters. The van der Waals surface area contributed by atoms with Crippen molar-refractivity contribution in [1.29, 1.82) is 0 Å². The van der Waals surface area contributed by atoms with Gasteiger partial charge in [-0.2, -0.15) is 0 Å². The Morgan fingerprint density at radius 1 is 1.03 bits per heavy atom. The number of halogens is 1. The number of hydrogen-bond acceptors (Lipinski definition) is 5. The summed E-state index contributed by atoms with van der Waals surface area (Å²) in [6, 6.07) is 14.3. The Morgan fingerprint density at radius 2 is 1.72 bits per heavy atom. The molecular formula is C21H19BrN2O4S. The van der Waals surface area contributed by atoms with E-state index in [9.17, 15) is 14.4 Å². The van der Waals surface area contributed by atoms with Crippen molar-refractivity contribution in [3.63, 3.8) is 0 Å². The third kappa shape index (κ3) is 4.24. The number of rotatable bonds is 4. The first-order chi connectivity index (χ1) is 14.0. The van der Waals surface area contributed by atoms with E-state index in [0.29, 0.717) is 42.4 Å². The molecule has 0 spiro atoms. The first kappa shape index (κ1) is 20.1. The molecule has 4 rings (SSSR count). The van der Waals surface area contributed by atoms with Gasteiger partial charge in [0.2, 0.25) is 11.8 Å². The number of anilines is 1. The molecule has 2 aromatic carbocycles. The van der Waals surface area contributed by atoms with E-state index in [0.717, 1.165) is 4.47 Å². The van der Waals surface area contributed by atoms with Crippen LogP contribution in [0.5, 0.6) is 0 Å². The second kappa shape index (κ2) is 8.69. The minimum atomic E-state index is -0.551. The molecule has 150 valence electrons. The van der Waals surface area contributed by atoms with Crippen LogP contribution in [0.2, 0.25) is 0 Å². The van der Waals surface area contributed by atoms with Crippen LogP contribution in [-0.2, 0) is 14.3 Å². The monoisotopic (exact) mass is 474 g/mol. The van der Waals surface area contributed by atoms with Gasteiger partial charge in [-0.15, -0.1) is 11.8 Å². The molecule has 0 N–H and O–H groups in total. The summed E-state index contributed by atoms with van der Waals surface area (Å²) in [6.45, 7) is 2.16. The minimum Gasteiger partial charge on any atom is -0.378 e. The van der Waals surface area contributed by atoms with Crippen molar-refractivity contribution in [1.82, 2.24) is 4.90 Å². The Labute approximate surface area is 181 Å². The highest BCUT2D eigenvalue weighted by Gasteiger charge is 2.40. The van der Waals surface area contributed by atoms with Gasteiger partial charge in [0, 0.05) is 28.9 Å². The number of carbonyl (C=O) groups excluding carboxylic acids is 3. The van der Waals surface area contributed by atoms with Gasteiger partial charge in [0.05, 0.1) is 29.7 Å². The van der Waals surface area contributed by atoms with Gasteiger partial charge in [-0.05, 0) is 36.4 Å². The minimum absolute atomic E-state index is 0.0714. The molecule has 6 nitrogen and oxygen atoms in total. The third-order valence-corrected chi connectivity index (χ3v) is 6.67. The summed E-state index contributed by atoms with van der Waals surface area (Å²) >= 11 is 4.64.